The van der Waals surface area contributed by atoms with Gasteiger partial charge in [0.1, 0.15) is 5.69 Å². The second-order valence-corrected chi connectivity index (χ2v) is 4.60. The molecule has 1 saturated heterocycles. The number of benzene rings is 1. The predicted octanol–water partition coefficient (Wildman–Crippen LogP) is 1.12. The number of hydrogen-bond acceptors (Lipinski definition) is 5. The minimum Gasteiger partial charge on any atom is -0.359 e. The Morgan fingerprint density at radius 3 is 2.80 bits per heavy atom. The Kier molecular flexibility index (Phi) is 3.97. The van der Waals surface area contributed by atoms with Crippen LogP contribution in [0.5, 0.6) is 0 Å². The van der Waals surface area contributed by atoms with Crippen LogP contribution in [0, 0.1) is 10.1 Å². The normalized spacial score (nSPS) is 15.1. The molecule has 1 N–H and O–H groups in total. The van der Waals surface area contributed by atoms with Gasteiger partial charge in [-0.05, 0) is 18.6 Å². The molecule has 7 heteroatoms. The van der Waals surface area contributed by atoms with Crippen molar-refractivity contribution >= 4 is 23.1 Å². The van der Waals surface area contributed by atoms with Gasteiger partial charge >= 0.3 is 0 Å². The SMILES string of the molecule is CNC(=O)c1ccc(N2CCCC(=O)C2)c([N+](=O)[O-])c1. The number of Topliss-reactive ketones (excluding diaryl/α,β-unsaturated/α-hetero) is 1. The number of hydrogen-bond donors (Lipinski definition) is 1. The minimum absolute atomic E-state index is 0.0703. The lowest BCUT2D eigenvalue weighted by molar-refractivity contribution is -0.384. The largest absolute Gasteiger partial charge is 0.359 e. The molecule has 20 heavy (non-hydrogen) atoms. The Morgan fingerprint density at radius 2 is 2.20 bits per heavy atom. The number of piperidine rings is 1. The molecular formula is C13H15N3O4. The quantitative estimate of drug-likeness (QED) is 0.660. The van der Waals surface area contributed by atoms with Crippen LogP contribution < -0.4 is 10.2 Å². The highest BCUT2D eigenvalue weighted by atomic mass is 16.6. The van der Waals surface area contributed by atoms with Gasteiger partial charge in [-0.2, -0.15) is 0 Å². The second kappa shape index (κ2) is 5.68. The number of carbonyl (C=O) groups is 2. The maximum atomic E-state index is 11.5. The Balaban J connectivity index is 2.39. The molecule has 1 fully saturated rings. The van der Waals surface area contributed by atoms with E-state index in [1.54, 1.807) is 4.90 Å². The number of ketones is 1. The maximum absolute atomic E-state index is 11.5. The second-order valence-electron chi connectivity index (χ2n) is 4.60. The first kappa shape index (κ1) is 14.0. The Morgan fingerprint density at radius 1 is 1.45 bits per heavy atom. The summed E-state index contributed by atoms with van der Waals surface area (Å²) in [5.74, 6) is -0.310. The summed E-state index contributed by atoms with van der Waals surface area (Å²) in [6.45, 7) is 0.784. The van der Waals surface area contributed by atoms with E-state index >= 15 is 0 Å². The number of nitrogens with one attached hydrogen (secondary N) is 1. The highest BCUT2D eigenvalue weighted by Gasteiger charge is 2.25. The lowest BCUT2D eigenvalue weighted by atomic mass is 10.1. The first-order valence-electron chi connectivity index (χ1n) is 6.30. The standard InChI is InChI=1S/C13H15N3O4/c1-14-13(18)9-4-5-11(12(7-9)16(19)20)15-6-2-3-10(17)8-15/h4-5,7H,2-3,6,8H2,1H3,(H,14,18). The highest BCUT2D eigenvalue weighted by Crippen LogP contribution is 2.30. The van der Waals surface area contributed by atoms with Crippen LogP contribution in [-0.2, 0) is 4.79 Å². The van der Waals surface area contributed by atoms with E-state index in [0.717, 1.165) is 0 Å². The molecule has 1 amide bonds. The van der Waals surface area contributed by atoms with Gasteiger partial charge in [-0.15, -0.1) is 0 Å². The van der Waals surface area contributed by atoms with E-state index in [0.29, 0.717) is 25.1 Å². The van der Waals surface area contributed by atoms with Crippen molar-refractivity contribution in [1.82, 2.24) is 5.32 Å². The average molecular weight is 277 g/mol. The molecule has 0 bridgehead atoms. The van der Waals surface area contributed by atoms with Crippen molar-refractivity contribution in [3.63, 3.8) is 0 Å². The van der Waals surface area contributed by atoms with Gasteiger partial charge in [-0.3, -0.25) is 19.7 Å². The van der Waals surface area contributed by atoms with Gasteiger partial charge in [0.05, 0.1) is 11.5 Å². The summed E-state index contributed by atoms with van der Waals surface area (Å²) >= 11 is 0. The van der Waals surface area contributed by atoms with Gasteiger partial charge in [0, 0.05) is 31.6 Å². The molecule has 0 unspecified atom stereocenters. The Labute approximate surface area is 115 Å². The highest BCUT2D eigenvalue weighted by molar-refractivity contribution is 5.96. The molecule has 0 spiro atoms. The number of nitrogens with zero attached hydrogens (tertiary/aromatic N) is 2. The molecule has 1 aliphatic rings. The molecule has 0 aromatic heterocycles. The average Bonchev–Trinajstić information content (AvgIpc) is 2.45. The van der Waals surface area contributed by atoms with Crippen molar-refractivity contribution in [1.29, 1.82) is 0 Å². The molecular weight excluding hydrogens is 262 g/mol. The van der Waals surface area contributed by atoms with Gasteiger partial charge in [-0.25, -0.2) is 0 Å². The van der Waals surface area contributed by atoms with Crippen molar-refractivity contribution in [2.45, 2.75) is 12.8 Å². The number of carbonyl (C=O) groups excluding carboxylic acids is 2. The molecule has 106 valence electrons. The molecule has 1 aromatic carbocycles. The van der Waals surface area contributed by atoms with E-state index < -0.39 is 4.92 Å². The predicted molar refractivity (Wildman–Crippen MR) is 72.9 cm³/mol. The van der Waals surface area contributed by atoms with Crippen molar-refractivity contribution in [3.05, 3.63) is 33.9 Å². The first-order valence-corrected chi connectivity index (χ1v) is 6.30. The molecule has 0 radical (unpaired) electrons. The summed E-state index contributed by atoms with van der Waals surface area (Å²) in [5.41, 5.74) is 0.461. The van der Waals surface area contributed by atoms with Crippen molar-refractivity contribution in [2.75, 3.05) is 25.0 Å². The fourth-order valence-electron chi connectivity index (χ4n) is 2.27. The fraction of sp³-hybridized carbons (Fsp3) is 0.385. The third-order valence-corrected chi connectivity index (χ3v) is 3.25. The van der Waals surface area contributed by atoms with Gasteiger partial charge < -0.3 is 10.2 Å². The van der Waals surface area contributed by atoms with Crippen LogP contribution in [0.25, 0.3) is 0 Å². The van der Waals surface area contributed by atoms with E-state index in [9.17, 15) is 19.7 Å². The molecule has 7 nitrogen and oxygen atoms in total. The summed E-state index contributed by atoms with van der Waals surface area (Å²) in [5, 5.41) is 13.6. The van der Waals surface area contributed by atoms with Crippen LogP contribution in [0.3, 0.4) is 0 Å². The van der Waals surface area contributed by atoms with Crippen LogP contribution in [0.2, 0.25) is 0 Å². The van der Waals surface area contributed by atoms with Crippen LogP contribution in [-0.4, -0.2) is 36.8 Å². The molecule has 1 heterocycles. The molecule has 2 rings (SSSR count). The van der Waals surface area contributed by atoms with Crippen LogP contribution >= 0.6 is 0 Å². The zero-order valence-corrected chi connectivity index (χ0v) is 11.1. The van der Waals surface area contributed by atoms with Crippen molar-refractivity contribution in [3.8, 4) is 0 Å². The fourth-order valence-corrected chi connectivity index (χ4v) is 2.27. The number of amides is 1. The Hall–Kier alpha value is -2.44. The molecule has 0 aliphatic carbocycles. The third kappa shape index (κ3) is 2.76. The summed E-state index contributed by atoms with van der Waals surface area (Å²) in [6.07, 6.45) is 1.20. The number of nitro benzene ring substituents is 1. The number of nitro groups is 1. The number of anilines is 1. The van der Waals surface area contributed by atoms with Crippen LogP contribution in [0.1, 0.15) is 23.2 Å². The Bertz CT molecular complexity index is 571. The summed E-state index contributed by atoms with van der Waals surface area (Å²) in [6, 6.07) is 4.30. The van der Waals surface area contributed by atoms with Gasteiger partial charge in [0.25, 0.3) is 11.6 Å². The third-order valence-electron chi connectivity index (χ3n) is 3.25. The van der Waals surface area contributed by atoms with Gasteiger partial charge in [-0.1, -0.05) is 0 Å². The van der Waals surface area contributed by atoms with Gasteiger partial charge in [0.2, 0.25) is 0 Å². The van der Waals surface area contributed by atoms with E-state index in [-0.39, 0.29) is 29.5 Å². The van der Waals surface area contributed by atoms with E-state index in [1.807, 2.05) is 0 Å². The zero-order valence-electron chi connectivity index (χ0n) is 11.1. The van der Waals surface area contributed by atoms with Crippen molar-refractivity contribution in [2.24, 2.45) is 0 Å². The molecule has 1 aliphatic heterocycles. The number of rotatable bonds is 3. The van der Waals surface area contributed by atoms with E-state index in [4.69, 9.17) is 0 Å². The topological polar surface area (TPSA) is 92.6 Å². The van der Waals surface area contributed by atoms with Crippen LogP contribution in [0.15, 0.2) is 18.2 Å². The van der Waals surface area contributed by atoms with E-state index in [1.165, 1.54) is 25.2 Å². The molecule has 0 saturated carbocycles. The zero-order chi connectivity index (χ0) is 14.7. The maximum Gasteiger partial charge on any atom is 0.293 e. The smallest absolute Gasteiger partial charge is 0.293 e. The summed E-state index contributed by atoms with van der Waals surface area (Å²) in [4.78, 5) is 35.3. The first-order chi connectivity index (χ1) is 9.52. The summed E-state index contributed by atoms with van der Waals surface area (Å²) < 4.78 is 0. The van der Waals surface area contributed by atoms with Crippen LogP contribution in [0.4, 0.5) is 11.4 Å². The summed E-state index contributed by atoms with van der Waals surface area (Å²) in [7, 11) is 1.46. The molecule has 1 aromatic rings. The lowest BCUT2D eigenvalue weighted by Gasteiger charge is -2.27. The van der Waals surface area contributed by atoms with Gasteiger partial charge in [0.15, 0.2) is 5.78 Å². The van der Waals surface area contributed by atoms with E-state index in [2.05, 4.69) is 5.32 Å². The minimum atomic E-state index is -0.527. The molecule has 0 atom stereocenters. The lowest BCUT2D eigenvalue weighted by Crippen LogP contribution is -2.36. The monoisotopic (exact) mass is 277 g/mol. The van der Waals surface area contributed by atoms with Crippen molar-refractivity contribution < 1.29 is 14.5 Å².